The van der Waals surface area contributed by atoms with Crippen molar-refractivity contribution in [3.8, 4) is 0 Å². The average molecular weight is 345 g/mol. The quantitative estimate of drug-likeness (QED) is 0.377. The van der Waals surface area contributed by atoms with Crippen LogP contribution in [0.3, 0.4) is 0 Å². The molecule has 0 aromatic carbocycles. The zero-order valence-corrected chi connectivity index (χ0v) is 11.2. The van der Waals surface area contributed by atoms with Gasteiger partial charge in [-0.25, -0.2) is 0 Å². The van der Waals surface area contributed by atoms with Gasteiger partial charge < -0.3 is 0 Å². The van der Waals surface area contributed by atoms with E-state index in [1.165, 1.54) is 7.11 Å². The first-order valence-electron chi connectivity index (χ1n) is 3.42. The number of nitrogens with zero attached hydrogens (tertiary/aromatic N) is 1. The van der Waals surface area contributed by atoms with Crippen LogP contribution in [0.4, 0.5) is 0 Å². The van der Waals surface area contributed by atoms with E-state index in [2.05, 4.69) is 13.5 Å². The molecule has 11 heavy (non-hydrogen) atoms. The third kappa shape index (κ3) is 1.81. The molecule has 0 fully saturated rings. The summed E-state index contributed by atoms with van der Waals surface area (Å²) in [7, 11) is 1.44. The van der Waals surface area contributed by atoms with Crippen LogP contribution in [0.25, 0.3) is 0 Å². The van der Waals surface area contributed by atoms with E-state index in [1.807, 2.05) is 6.92 Å². The first-order chi connectivity index (χ1) is 5.16. The molecule has 1 rings (SSSR count). The Labute approximate surface area is 82.5 Å². The number of methoxy groups -OCH3 is 1. The average Bonchev–Trinajstić information content (AvgIpc) is 2.30. The van der Waals surface area contributed by atoms with Gasteiger partial charge in [0.1, 0.15) is 0 Å². The van der Waals surface area contributed by atoms with Gasteiger partial charge in [-0.05, 0) is 0 Å². The molecule has 4 heteroatoms. The van der Waals surface area contributed by atoms with E-state index in [0.29, 0.717) is 26.1 Å². The van der Waals surface area contributed by atoms with E-state index in [9.17, 15) is 4.79 Å². The fraction of sp³-hybridized carbons (Fsp3) is 0.571. The fourth-order valence-electron chi connectivity index (χ4n) is 1.16. The molecule has 0 aliphatic carbocycles. The Morgan fingerprint density at radius 2 is 2.55 bits per heavy atom. The van der Waals surface area contributed by atoms with Crippen LogP contribution < -0.4 is 0 Å². The third-order valence-electron chi connectivity index (χ3n) is 1.81. The normalized spacial score (nSPS) is 24.8. The van der Waals surface area contributed by atoms with E-state index in [1.54, 1.807) is 0 Å². The van der Waals surface area contributed by atoms with Gasteiger partial charge in [-0.1, -0.05) is 0 Å². The minimum absolute atomic E-state index is 0.0787. The van der Waals surface area contributed by atoms with E-state index in [0.717, 1.165) is 12.1 Å². The Hall–Kier alpha value is 0.0921. The molecule has 0 N–H and O–H groups in total. The molecule has 1 heterocycles. The summed E-state index contributed by atoms with van der Waals surface area (Å²) in [5, 5.41) is 0. The van der Waals surface area contributed by atoms with Gasteiger partial charge in [0.2, 0.25) is 0 Å². The number of carbonyl (C=O) groups excluding carboxylic acids is 1. The molecular weight excluding hydrogens is 334 g/mol. The van der Waals surface area contributed by atoms with Crippen LogP contribution >= 0.6 is 0 Å². The van der Waals surface area contributed by atoms with Crippen LogP contribution in [0.2, 0.25) is 0 Å². The van der Waals surface area contributed by atoms with Crippen molar-refractivity contribution in [1.29, 1.82) is 0 Å². The van der Waals surface area contributed by atoms with Crippen LogP contribution in [0, 0.1) is 0 Å². The van der Waals surface area contributed by atoms with E-state index < -0.39 is 0 Å². The first kappa shape index (κ1) is 9.18. The number of esters is 1. The van der Waals surface area contributed by atoms with Gasteiger partial charge in [0.25, 0.3) is 0 Å². The predicted octanol–water partition coefficient (Wildman–Crippen LogP) is -0.127. The molecule has 0 aromatic rings. The molecule has 0 saturated carbocycles. The SMILES string of the molecule is COC(=O)[C@@H]1C(C)=CC[N]1[Tl]. The number of carbonyl (C=O) groups is 1. The van der Waals surface area contributed by atoms with Crippen molar-refractivity contribution in [2.75, 3.05) is 13.7 Å². The summed E-state index contributed by atoms with van der Waals surface area (Å²) in [5.41, 5.74) is 1.12. The number of hydrogen-bond donors (Lipinski definition) is 0. The van der Waals surface area contributed by atoms with E-state index in [-0.39, 0.29) is 12.0 Å². The van der Waals surface area contributed by atoms with Crippen molar-refractivity contribution in [2.24, 2.45) is 0 Å². The van der Waals surface area contributed by atoms with Crippen LogP contribution in [0.1, 0.15) is 6.92 Å². The minimum atomic E-state index is -0.126. The molecule has 0 unspecified atom stereocenters. The second-order valence-electron chi connectivity index (χ2n) is 2.57. The Bertz CT molecular complexity index is 203. The molecule has 0 amide bonds. The van der Waals surface area contributed by atoms with Crippen LogP contribution in [-0.4, -0.2) is 54.4 Å². The second kappa shape index (κ2) is 3.66. The summed E-state index contributed by atoms with van der Waals surface area (Å²) < 4.78 is 6.81. The van der Waals surface area contributed by atoms with Crippen molar-refractivity contribution in [3.63, 3.8) is 0 Å². The molecule has 1 aliphatic rings. The van der Waals surface area contributed by atoms with Gasteiger partial charge in [0.15, 0.2) is 0 Å². The maximum absolute atomic E-state index is 11.2. The van der Waals surface area contributed by atoms with Crippen LogP contribution in [-0.2, 0) is 9.53 Å². The van der Waals surface area contributed by atoms with E-state index >= 15 is 0 Å². The van der Waals surface area contributed by atoms with Gasteiger partial charge >= 0.3 is 82.5 Å². The summed E-state index contributed by atoms with van der Waals surface area (Å²) >= 11 is 0.706. The summed E-state index contributed by atoms with van der Waals surface area (Å²) in [5.74, 6) is -0.126. The van der Waals surface area contributed by atoms with Gasteiger partial charge in [0.05, 0.1) is 0 Å². The molecule has 3 nitrogen and oxygen atoms in total. The Morgan fingerprint density at radius 1 is 1.91 bits per heavy atom. The van der Waals surface area contributed by atoms with Crippen molar-refractivity contribution < 1.29 is 9.53 Å². The summed E-state index contributed by atoms with van der Waals surface area (Å²) in [6.45, 7) is 2.89. The second-order valence-corrected chi connectivity index (χ2v) is 5.15. The number of hydrogen-bond acceptors (Lipinski definition) is 3. The zero-order valence-electron chi connectivity index (χ0n) is 6.70. The molecule has 1 atom stereocenters. The zero-order chi connectivity index (χ0) is 8.43. The Balaban J connectivity index is 2.70. The molecule has 0 radical (unpaired) electrons. The number of rotatable bonds is 1. The van der Waals surface area contributed by atoms with Crippen molar-refractivity contribution in [2.45, 2.75) is 13.0 Å². The van der Waals surface area contributed by atoms with E-state index in [4.69, 9.17) is 0 Å². The molecule has 0 spiro atoms. The predicted molar refractivity (Wildman–Crippen MR) is 42.0 cm³/mol. The summed E-state index contributed by atoms with van der Waals surface area (Å²) in [6, 6.07) is -0.0787. The molecule has 1 aliphatic heterocycles. The Morgan fingerprint density at radius 3 is 2.91 bits per heavy atom. The summed E-state index contributed by atoms with van der Waals surface area (Å²) in [6.07, 6.45) is 2.08. The van der Waals surface area contributed by atoms with Gasteiger partial charge in [-0.15, -0.1) is 0 Å². The van der Waals surface area contributed by atoms with Gasteiger partial charge in [-0.3, -0.25) is 0 Å². The monoisotopic (exact) mass is 345 g/mol. The molecular formula is C7H10NO2Tl. The standard InChI is InChI=1S/C7H10NO2.Tl/c1-5-3-4-8-6(5)7(9)10-2;/h3,6H,4H2,1-2H3;/q-1;+1/t6-;/m0./s1. The third-order valence-corrected chi connectivity index (χ3v) is 3.79. The number of ether oxygens (including phenoxy) is 1. The molecule has 0 aromatic heterocycles. The van der Waals surface area contributed by atoms with Crippen LogP contribution in [0.15, 0.2) is 11.6 Å². The Kier molecular flexibility index (Phi) is 3.06. The van der Waals surface area contributed by atoms with Gasteiger partial charge in [-0.2, -0.15) is 0 Å². The first-order valence-corrected chi connectivity index (χ1v) is 5.43. The van der Waals surface area contributed by atoms with Crippen molar-refractivity contribution in [1.82, 2.24) is 2.71 Å². The maximum atomic E-state index is 11.2. The van der Waals surface area contributed by atoms with Crippen molar-refractivity contribution in [3.05, 3.63) is 11.6 Å². The summed E-state index contributed by atoms with van der Waals surface area (Å²) in [4.78, 5) is 11.2. The fourth-order valence-corrected chi connectivity index (χ4v) is 2.96. The van der Waals surface area contributed by atoms with Gasteiger partial charge in [0, 0.05) is 0 Å². The topological polar surface area (TPSA) is 29.5 Å². The van der Waals surface area contributed by atoms with Crippen molar-refractivity contribution >= 4 is 32.0 Å². The molecule has 0 bridgehead atoms. The van der Waals surface area contributed by atoms with Crippen LogP contribution in [0.5, 0.6) is 0 Å². The molecule has 58 valence electrons. The molecule has 0 saturated heterocycles.